The summed E-state index contributed by atoms with van der Waals surface area (Å²) in [4.78, 5) is 8.17. The van der Waals surface area contributed by atoms with E-state index in [0.29, 0.717) is 19.1 Å². The lowest BCUT2D eigenvalue weighted by Gasteiger charge is -2.08. The molecule has 2 rings (SSSR count). The molecule has 2 aromatic heterocycles. The van der Waals surface area contributed by atoms with Gasteiger partial charge in [-0.05, 0) is 50.7 Å². The molecule has 0 fully saturated rings. The second-order valence-electron chi connectivity index (χ2n) is 3.30. The van der Waals surface area contributed by atoms with Crippen molar-refractivity contribution in [2.45, 2.75) is 0 Å². The molecule has 0 saturated carbocycles. The Morgan fingerprint density at radius 1 is 1.17 bits per heavy atom. The molecule has 2 aromatic rings. The number of hydrogen-bond acceptors (Lipinski definition) is 4. The van der Waals surface area contributed by atoms with Gasteiger partial charge in [-0.1, -0.05) is 6.07 Å². The Bertz CT molecular complexity index is 525. The first kappa shape index (κ1) is 13.5. The maximum Gasteiger partial charge on any atom is 0.214 e. The van der Waals surface area contributed by atoms with E-state index in [2.05, 4.69) is 48.5 Å². The number of pyridine rings is 2. The first-order valence-electron chi connectivity index (χ1n) is 5.23. The molecule has 18 heavy (non-hydrogen) atoms. The number of ether oxygens (including phenoxy) is 2. The van der Waals surface area contributed by atoms with Crippen molar-refractivity contribution in [3.8, 4) is 11.6 Å². The summed E-state index contributed by atoms with van der Waals surface area (Å²) < 4.78 is 12.8. The SMILES string of the molecule is Brc1cccc(OCCOc2cnccc2I)n1. The minimum absolute atomic E-state index is 0.439. The van der Waals surface area contributed by atoms with Crippen LogP contribution in [0, 0.1) is 3.57 Å². The van der Waals surface area contributed by atoms with Gasteiger partial charge in [-0.3, -0.25) is 4.98 Å². The van der Waals surface area contributed by atoms with E-state index >= 15 is 0 Å². The van der Waals surface area contributed by atoms with E-state index in [1.54, 1.807) is 18.5 Å². The van der Waals surface area contributed by atoms with Gasteiger partial charge < -0.3 is 9.47 Å². The van der Waals surface area contributed by atoms with Gasteiger partial charge in [-0.2, -0.15) is 0 Å². The maximum atomic E-state index is 5.55. The number of aromatic nitrogens is 2. The second kappa shape index (κ2) is 6.89. The van der Waals surface area contributed by atoms with Crippen molar-refractivity contribution in [2.75, 3.05) is 13.2 Å². The Morgan fingerprint density at radius 2 is 2.00 bits per heavy atom. The van der Waals surface area contributed by atoms with Crippen LogP contribution < -0.4 is 9.47 Å². The molecule has 0 aliphatic rings. The zero-order chi connectivity index (χ0) is 12.8. The van der Waals surface area contributed by atoms with Gasteiger partial charge in [-0.15, -0.1) is 0 Å². The summed E-state index contributed by atoms with van der Waals surface area (Å²) in [5.41, 5.74) is 0. The molecule has 0 radical (unpaired) electrons. The standard InChI is InChI=1S/C12H10BrIN2O2/c13-11-2-1-3-12(16-11)18-7-6-17-10-8-15-5-4-9(10)14/h1-5,8H,6-7H2. The normalized spacial score (nSPS) is 10.1. The first-order valence-corrected chi connectivity index (χ1v) is 7.10. The van der Waals surface area contributed by atoms with Crippen LogP contribution in [-0.4, -0.2) is 23.2 Å². The largest absolute Gasteiger partial charge is 0.487 e. The van der Waals surface area contributed by atoms with Crippen molar-refractivity contribution in [3.05, 3.63) is 44.8 Å². The Hall–Kier alpha value is -0.890. The molecule has 0 unspecified atom stereocenters. The van der Waals surface area contributed by atoms with Crippen LogP contribution in [0.4, 0.5) is 0 Å². The zero-order valence-electron chi connectivity index (χ0n) is 9.35. The van der Waals surface area contributed by atoms with Gasteiger partial charge in [0.2, 0.25) is 5.88 Å². The predicted molar refractivity (Wildman–Crippen MR) is 79.9 cm³/mol. The molecular formula is C12H10BrIN2O2. The summed E-state index contributed by atoms with van der Waals surface area (Å²) >= 11 is 5.49. The van der Waals surface area contributed by atoms with Crippen LogP contribution in [0.25, 0.3) is 0 Å². The lowest BCUT2D eigenvalue weighted by Crippen LogP contribution is -2.10. The molecular weight excluding hydrogens is 411 g/mol. The number of halogens is 2. The molecule has 0 aromatic carbocycles. The molecule has 0 spiro atoms. The van der Waals surface area contributed by atoms with Crippen LogP contribution in [-0.2, 0) is 0 Å². The average molecular weight is 421 g/mol. The highest BCUT2D eigenvalue weighted by atomic mass is 127. The molecule has 0 aliphatic heterocycles. The smallest absolute Gasteiger partial charge is 0.214 e. The van der Waals surface area contributed by atoms with E-state index in [1.165, 1.54) is 0 Å². The third-order valence-corrected chi connectivity index (χ3v) is 3.35. The van der Waals surface area contributed by atoms with Gasteiger partial charge in [0.05, 0.1) is 9.77 Å². The maximum absolute atomic E-state index is 5.55. The minimum atomic E-state index is 0.439. The molecule has 0 atom stereocenters. The average Bonchev–Trinajstić information content (AvgIpc) is 2.37. The molecule has 0 bridgehead atoms. The molecule has 4 nitrogen and oxygen atoms in total. The summed E-state index contributed by atoms with van der Waals surface area (Å²) in [6.07, 6.45) is 3.43. The molecule has 0 N–H and O–H groups in total. The van der Waals surface area contributed by atoms with Crippen LogP contribution in [0.5, 0.6) is 11.6 Å². The van der Waals surface area contributed by atoms with Crippen LogP contribution >= 0.6 is 38.5 Å². The summed E-state index contributed by atoms with van der Waals surface area (Å²) in [7, 11) is 0. The first-order chi connectivity index (χ1) is 8.75. The van der Waals surface area contributed by atoms with Gasteiger partial charge in [-0.25, -0.2) is 4.98 Å². The highest BCUT2D eigenvalue weighted by molar-refractivity contribution is 14.1. The molecule has 2 heterocycles. The van der Waals surface area contributed by atoms with Crippen molar-refractivity contribution >= 4 is 38.5 Å². The second-order valence-corrected chi connectivity index (χ2v) is 5.28. The van der Waals surface area contributed by atoms with Crippen LogP contribution in [0.1, 0.15) is 0 Å². The molecule has 94 valence electrons. The Kier molecular flexibility index (Phi) is 5.18. The summed E-state index contributed by atoms with van der Waals surface area (Å²) in [5.74, 6) is 1.35. The predicted octanol–water partition coefficient (Wildman–Crippen LogP) is 3.30. The number of nitrogens with zero attached hydrogens (tertiary/aromatic N) is 2. The van der Waals surface area contributed by atoms with Crippen molar-refractivity contribution in [1.82, 2.24) is 9.97 Å². The fraction of sp³-hybridized carbons (Fsp3) is 0.167. The Morgan fingerprint density at radius 3 is 2.78 bits per heavy atom. The van der Waals surface area contributed by atoms with E-state index in [0.717, 1.165) is 13.9 Å². The lowest BCUT2D eigenvalue weighted by atomic mass is 10.5. The number of hydrogen-bond donors (Lipinski definition) is 0. The van der Waals surface area contributed by atoms with Gasteiger partial charge in [0, 0.05) is 12.3 Å². The van der Waals surface area contributed by atoms with Crippen molar-refractivity contribution in [1.29, 1.82) is 0 Å². The Labute approximate surface area is 127 Å². The zero-order valence-corrected chi connectivity index (χ0v) is 13.1. The van der Waals surface area contributed by atoms with Crippen LogP contribution in [0.2, 0.25) is 0 Å². The van der Waals surface area contributed by atoms with Crippen molar-refractivity contribution in [3.63, 3.8) is 0 Å². The molecule has 0 saturated heterocycles. The quantitative estimate of drug-likeness (QED) is 0.423. The fourth-order valence-electron chi connectivity index (χ4n) is 1.24. The van der Waals surface area contributed by atoms with Gasteiger partial charge in [0.25, 0.3) is 0 Å². The van der Waals surface area contributed by atoms with Gasteiger partial charge >= 0.3 is 0 Å². The molecule has 6 heteroatoms. The molecule has 0 aliphatic carbocycles. The van der Waals surface area contributed by atoms with E-state index < -0.39 is 0 Å². The van der Waals surface area contributed by atoms with E-state index in [1.807, 2.05) is 18.2 Å². The highest BCUT2D eigenvalue weighted by Gasteiger charge is 2.00. The van der Waals surface area contributed by atoms with Crippen molar-refractivity contribution in [2.24, 2.45) is 0 Å². The molecule has 0 amide bonds. The van der Waals surface area contributed by atoms with Crippen molar-refractivity contribution < 1.29 is 9.47 Å². The van der Waals surface area contributed by atoms with Gasteiger partial charge in [0.15, 0.2) is 5.75 Å². The monoisotopic (exact) mass is 420 g/mol. The number of rotatable bonds is 5. The fourth-order valence-corrected chi connectivity index (χ4v) is 2.02. The third kappa shape index (κ3) is 4.09. The highest BCUT2D eigenvalue weighted by Crippen LogP contribution is 2.18. The van der Waals surface area contributed by atoms with E-state index in [-0.39, 0.29) is 0 Å². The Balaban J connectivity index is 1.78. The lowest BCUT2D eigenvalue weighted by molar-refractivity contribution is 0.210. The van der Waals surface area contributed by atoms with Crippen LogP contribution in [0.3, 0.4) is 0 Å². The van der Waals surface area contributed by atoms with Crippen LogP contribution in [0.15, 0.2) is 41.3 Å². The van der Waals surface area contributed by atoms with Gasteiger partial charge in [0.1, 0.15) is 17.8 Å². The van der Waals surface area contributed by atoms with E-state index in [9.17, 15) is 0 Å². The third-order valence-electron chi connectivity index (χ3n) is 2.01. The topological polar surface area (TPSA) is 44.2 Å². The summed E-state index contributed by atoms with van der Waals surface area (Å²) in [5, 5.41) is 0. The summed E-state index contributed by atoms with van der Waals surface area (Å²) in [6, 6.07) is 7.42. The summed E-state index contributed by atoms with van der Waals surface area (Å²) in [6.45, 7) is 0.893. The van der Waals surface area contributed by atoms with E-state index in [4.69, 9.17) is 9.47 Å². The minimum Gasteiger partial charge on any atom is -0.487 e.